The van der Waals surface area contributed by atoms with Crippen molar-refractivity contribution in [1.82, 2.24) is 0 Å². The van der Waals surface area contributed by atoms with Crippen LogP contribution in [0.2, 0.25) is 0 Å². The van der Waals surface area contributed by atoms with E-state index in [-0.39, 0.29) is 12.2 Å². The molecule has 1 unspecified atom stereocenters. The molecule has 2 aliphatic rings. The van der Waals surface area contributed by atoms with Gasteiger partial charge in [-0.3, -0.25) is 19.4 Å². The molecule has 1 atom stereocenters. The Morgan fingerprint density at radius 3 is 2.76 bits per heavy atom. The summed E-state index contributed by atoms with van der Waals surface area (Å²) in [6, 6.07) is 11.5. The molecule has 0 aromatic heterocycles. The molecule has 2 aromatic rings. The number of Topliss-reactive ketones (excluding diaryl/α,β-unsaturated/α-hetero) is 1. The number of aliphatic imine (C=N–C) groups is 1. The summed E-state index contributed by atoms with van der Waals surface area (Å²) in [7, 11) is 0. The quantitative estimate of drug-likeness (QED) is 0.740. The molecule has 7 heteroatoms. The lowest BCUT2D eigenvalue weighted by Gasteiger charge is -2.24. The number of carboxylic acid groups (broad SMARTS) is 1. The van der Waals surface area contributed by atoms with Gasteiger partial charge in [-0.25, -0.2) is 0 Å². The number of hydrogen-bond acceptors (Lipinski definition) is 5. The predicted molar refractivity (Wildman–Crippen MR) is 109 cm³/mol. The summed E-state index contributed by atoms with van der Waals surface area (Å²) >= 11 is 0. The molecule has 4 rings (SSSR count). The van der Waals surface area contributed by atoms with Gasteiger partial charge in [0.05, 0.1) is 29.9 Å². The highest BCUT2D eigenvalue weighted by atomic mass is 16.4. The molecule has 0 saturated heterocycles. The summed E-state index contributed by atoms with van der Waals surface area (Å²) in [6.07, 6.45) is 3.18. The summed E-state index contributed by atoms with van der Waals surface area (Å²) < 4.78 is 0. The summed E-state index contributed by atoms with van der Waals surface area (Å²) in [5, 5.41) is 11.9. The topological polar surface area (TPSA) is 99.1 Å². The SMILES string of the molecule is Cc1ccccc1CN1C2=CN=CC(=O)C2c2c1ccc(CC(=O)O)c2NC=O. The zero-order valence-corrected chi connectivity index (χ0v) is 15.8. The lowest BCUT2D eigenvalue weighted by atomic mass is 9.90. The van der Waals surface area contributed by atoms with Gasteiger partial charge in [-0.15, -0.1) is 0 Å². The van der Waals surface area contributed by atoms with E-state index in [0.717, 1.165) is 22.5 Å². The smallest absolute Gasteiger partial charge is 0.307 e. The van der Waals surface area contributed by atoms with Gasteiger partial charge in [-0.2, -0.15) is 0 Å². The lowest BCUT2D eigenvalue weighted by molar-refractivity contribution is -0.136. The number of nitrogens with one attached hydrogen (secondary N) is 1. The van der Waals surface area contributed by atoms with Crippen molar-refractivity contribution < 1.29 is 19.5 Å². The molecule has 7 nitrogen and oxygen atoms in total. The molecule has 2 aliphatic heterocycles. The third-order valence-electron chi connectivity index (χ3n) is 5.32. The number of benzene rings is 2. The summed E-state index contributed by atoms with van der Waals surface area (Å²) in [6.45, 7) is 2.56. The van der Waals surface area contributed by atoms with Gasteiger partial charge >= 0.3 is 5.97 Å². The largest absolute Gasteiger partial charge is 0.481 e. The molecule has 2 N–H and O–H groups in total. The molecule has 2 aromatic carbocycles. The summed E-state index contributed by atoms with van der Waals surface area (Å²) in [5.41, 5.74) is 5.16. The first kappa shape index (κ1) is 18.6. The van der Waals surface area contributed by atoms with E-state index in [1.54, 1.807) is 12.3 Å². The van der Waals surface area contributed by atoms with Gasteiger partial charge in [-0.1, -0.05) is 30.3 Å². The molecule has 0 radical (unpaired) electrons. The van der Waals surface area contributed by atoms with Crippen molar-refractivity contribution in [2.45, 2.75) is 25.8 Å². The minimum atomic E-state index is -1.01. The molecule has 0 bridgehead atoms. The Hall–Kier alpha value is -3.74. The van der Waals surface area contributed by atoms with E-state index in [0.29, 0.717) is 29.8 Å². The zero-order chi connectivity index (χ0) is 20.5. The van der Waals surface area contributed by atoms with Crippen LogP contribution in [-0.4, -0.2) is 29.5 Å². The first-order valence-corrected chi connectivity index (χ1v) is 9.18. The number of fused-ring (bicyclic) bond motifs is 3. The van der Waals surface area contributed by atoms with E-state index in [4.69, 9.17) is 0 Å². The van der Waals surface area contributed by atoms with Gasteiger partial charge in [0.15, 0.2) is 5.78 Å². The molecule has 146 valence electrons. The van der Waals surface area contributed by atoms with E-state index in [1.807, 2.05) is 42.2 Å². The Morgan fingerprint density at radius 1 is 1.24 bits per heavy atom. The number of hydrogen-bond donors (Lipinski definition) is 2. The van der Waals surface area contributed by atoms with Crippen LogP contribution in [0.1, 0.15) is 28.2 Å². The Balaban J connectivity index is 1.89. The van der Waals surface area contributed by atoms with Crippen molar-refractivity contribution in [1.29, 1.82) is 0 Å². The highest BCUT2D eigenvalue weighted by Crippen LogP contribution is 2.50. The fourth-order valence-corrected chi connectivity index (χ4v) is 3.99. The van der Waals surface area contributed by atoms with Crippen molar-refractivity contribution in [3.8, 4) is 0 Å². The highest BCUT2D eigenvalue weighted by molar-refractivity contribution is 6.33. The van der Waals surface area contributed by atoms with Crippen molar-refractivity contribution >= 4 is 35.8 Å². The molecule has 1 amide bonds. The van der Waals surface area contributed by atoms with Crippen LogP contribution >= 0.6 is 0 Å². The van der Waals surface area contributed by atoms with Gasteiger partial charge in [0.25, 0.3) is 0 Å². The van der Waals surface area contributed by atoms with Crippen LogP contribution < -0.4 is 10.2 Å². The Bertz CT molecular complexity index is 1090. The van der Waals surface area contributed by atoms with Crippen LogP contribution in [0.3, 0.4) is 0 Å². The fraction of sp³-hybridized carbons (Fsp3) is 0.182. The maximum absolute atomic E-state index is 12.7. The number of allylic oxidation sites excluding steroid dienone is 1. The van der Waals surface area contributed by atoms with Gasteiger partial charge in [0.1, 0.15) is 0 Å². The summed E-state index contributed by atoms with van der Waals surface area (Å²) in [5.74, 6) is -1.83. The van der Waals surface area contributed by atoms with Crippen LogP contribution in [0, 0.1) is 6.92 Å². The van der Waals surface area contributed by atoms with Crippen molar-refractivity contribution in [3.05, 3.63) is 70.5 Å². The van der Waals surface area contributed by atoms with Crippen molar-refractivity contribution in [2.75, 3.05) is 10.2 Å². The maximum Gasteiger partial charge on any atom is 0.307 e. The number of carbonyl (C=O) groups excluding carboxylic acids is 2. The Labute approximate surface area is 167 Å². The highest BCUT2D eigenvalue weighted by Gasteiger charge is 2.41. The van der Waals surface area contributed by atoms with Crippen LogP contribution in [0.4, 0.5) is 11.4 Å². The monoisotopic (exact) mass is 389 g/mol. The molecular formula is C22H19N3O4. The van der Waals surface area contributed by atoms with E-state index in [9.17, 15) is 19.5 Å². The molecular weight excluding hydrogens is 370 g/mol. The van der Waals surface area contributed by atoms with Crippen molar-refractivity contribution in [2.24, 2.45) is 4.99 Å². The molecule has 2 heterocycles. The van der Waals surface area contributed by atoms with E-state index in [1.165, 1.54) is 6.21 Å². The molecule has 0 fully saturated rings. The maximum atomic E-state index is 12.7. The number of carboxylic acids is 1. The van der Waals surface area contributed by atoms with E-state index < -0.39 is 11.9 Å². The van der Waals surface area contributed by atoms with Crippen LogP contribution in [0.5, 0.6) is 0 Å². The first-order valence-electron chi connectivity index (χ1n) is 9.18. The second-order valence-corrected chi connectivity index (χ2v) is 7.05. The van der Waals surface area contributed by atoms with E-state index >= 15 is 0 Å². The van der Waals surface area contributed by atoms with Gasteiger partial charge in [-0.05, 0) is 29.7 Å². The average Bonchev–Trinajstić information content (AvgIpc) is 3.00. The second-order valence-electron chi connectivity index (χ2n) is 7.05. The Kier molecular flexibility index (Phi) is 4.72. The first-order chi connectivity index (χ1) is 14.0. The van der Waals surface area contributed by atoms with Crippen LogP contribution in [0.25, 0.3) is 0 Å². The molecule has 0 aliphatic carbocycles. The lowest BCUT2D eigenvalue weighted by Crippen LogP contribution is -2.25. The zero-order valence-electron chi connectivity index (χ0n) is 15.8. The normalized spacial score (nSPS) is 16.9. The standard InChI is InChI=1S/C22H19N3O4/c1-13-4-2-3-5-15(13)11-25-16-7-6-14(8-19(28)29)22(24-12-26)21(16)20-17(25)9-23-10-18(20)27/h2-7,9-10,12,20H,8,11H2,1H3,(H,24,26)(H,28,29). The number of nitrogens with zero attached hydrogens (tertiary/aromatic N) is 2. The van der Waals surface area contributed by atoms with Gasteiger partial charge in [0, 0.05) is 24.0 Å². The van der Waals surface area contributed by atoms with Crippen LogP contribution in [-0.2, 0) is 27.3 Å². The number of aliphatic carboxylic acids is 1. The third kappa shape index (κ3) is 3.20. The molecule has 29 heavy (non-hydrogen) atoms. The second kappa shape index (κ2) is 7.35. The van der Waals surface area contributed by atoms with Gasteiger partial charge in [0.2, 0.25) is 6.41 Å². The number of aryl methyl sites for hydroxylation is 1. The third-order valence-corrected chi connectivity index (χ3v) is 5.32. The average molecular weight is 389 g/mol. The Morgan fingerprint density at radius 2 is 2.03 bits per heavy atom. The van der Waals surface area contributed by atoms with E-state index in [2.05, 4.69) is 10.3 Å². The van der Waals surface area contributed by atoms with Gasteiger partial charge < -0.3 is 15.3 Å². The number of carbonyl (C=O) groups is 3. The molecule has 0 spiro atoms. The molecule has 0 saturated carbocycles. The van der Waals surface area contributed by atoms with Crippen molar-refractivity contribution in [3.63, 3.8) is 0 Å². The predicted octanol–water partition coefficient (Wildman–Crippen LogP) is 2.79. The minimum Gasteiger partial charge on any atom is -0.481 e. The number of amides is 1. The van der Waals surface area contributed by atoms with Crippen LogP contribution in [0.15, 0.2) is 53.3 Å². The fourth-order valence-electron chi connectivity index (χ4n) is 3.99. The summed E-state index contributed by atoms with van der Waals surface area (Å²) in [4.78, 5) is 41.4. The number of anilines is 2. The number of ketones is 1. The minimum absolute atomic E-state index is 0.197. The number of rotatable bonds is 6.